The molecule has 6 heteroatoms. The molecule has 25 heavy (non-hydrogen) atoms. The van der Waals surface area contributed by atoms with E-state index in [4.69, 9.17) is 4.74 Å². The largest absolute Gasteiger partial charge is 0.504 e. The van der Waals surface area contributed by atoms with Crippen LogP contribution in [-0.4, -0.2) is 67.2 Å². The van der Waals surface area contributed by atoms with E-state index in [0.29, 0.717) is 5.75 Å². The molecule has 0 saturated carbocycles. The van der Waals surface area contributed by atoms with Crippen LogP contribution in [0.25, 0.3) is 0 Å². The summed E-state index contributed by atoms with van der Waals surface area (Å²) in [5.41, 5.74) is 0.894. The normalized spacial score (nSPS) is 20.8. The maximum absolute atomic E-state index is 13.4. The molecule has 2 fully saturated rings. The molecule has 2 heterocycles. The quantitative estimate of drug-likeness (QED) is 0.869. The zero-order valence-corrected chi connectivity index (χ0v) is 15.0. The van der Waals surface area contributed by atoms with Crippen LogP contribution >= 0.6 is 0 Å². The van der Waals surface area contributed by atoms with Crippen LogP contribution in [-0.2, 0) is 4.79 Å². The average Bonchev–Trinajstić information content (AvgIpc) is 2.93. The summed E-state index contributed by atoms with van der Waals surface area (Å²) in [6.07, 6.45) is 4.57. The number of aromatic hydroxyl groups is 1. The molecule has 0 spiro atoms. The van der Waals surface area contributed by atoms with Crippen molar-refractivity contribution in [3.05, 3.63) is 23.8 Å². The number of rotatable bonds is 4. The highest BCUT2D eigenvalue weighted by molar-refractivity contribution is 5.83. The van der Waals surface area contributed by atoms with Gasteiger partial charge in [-0.3, -0.25) is 9.69 Å². The molecule has 2 aliphatic heterocycles. The molecule has 0 aromatic heterocycles. The van der Waals surface area contributed by atoms with Crippen molar-refractivity contribution in [2.24, 2.45) is 0 Å². The Morgan fingerprint density at radius 3 is 2.44 bits per heavy atom. The van der Waals surface area contributed by atoms with Crippen molar-refractivity contribution in [1.82, 2.24) is 15.1 Å². The molecule has 0 bridgehead atoms. The fourth-order valence-corrected chi connectivity index (χ4v) is 3.78. The van der Waals surface area contributed by atoms with Gasteiger partial charge in [-0.05, 0) is 30.5 Å². The fourth-order valence-electron chi connectivity index (χ4n) is 3.78. The maximum atomic E-state index is 13.4. The van der Waals surface area contributed by atoms with Crippen LogP contribution in [0.3, 0.4) is 0 Å². The van der Waals surface area contributed by atoms with Gasteiger partial charge in [0.05, 0.1) is 7.11 Å². The van der Waals surface area contributed by atoms with E-state index in [9.17, 15) is 9.90 Å². The number of likely N-dealkylation sites (tertiary alicyclic amines) is 1. The summed E-state index contributed by atoms with van der Waals surface area (Å²) >= 11 is 0. The molecular formula is C19H29N3O3. The lowest BCUT2D eigenvalue weighted by atomic mass is 10.0. The number of ether oxygens (including phenoxy) is 1. The van der Waals surface area contributed by atoms with Gasteiger partial charge in [-0.1, -0.05) is 18.9 Å². The van der Waals surface area contributed by atoms with Crippen molar-refractivity contribution >= 4 is 5.91 Å². The van der Waals surface area contributed by atoms with E-state index in [1.807, 2.05) is 11.0 Å². The van der Waals surface area contributed by atoms with Gasteiger partial charge >= 0.3 is 0 Å². The summed E-state index contributed by atoms with van der Waals surface area (Å²) in [6, 6.07) is 4.96. The van der Waals surface area contributed by atoms with E-state index in [0.717, 1.165) is 57.7 Å². The Morgan fingerprint density at radius 1 is 1.12 bits per heavy atom. The van der Waals surface area contributed by atoms with E-state index < -0.39 is 0 Å². The van der Waals surface area contributed by atoms with Crippen LogP contribution in [0.2, 0.25) is 0 Å². The van der Waals surface area contributed by atoms with Crippen molar-refractivity contribution in [2.45, 2.75) is 31.7 Å². The number of hydrogen-bond donors (Lipinski definition) is 2. The highest BCUT2D eigenvalue weighted by Gasteiger charge is 2.32. The summed E-state index contributed by atoms with van der Waals surface area (Å²) in [4.78, 5) is 17.7. The standard InChI is InChI=1S/C19H29N3O3/c1-25-17-14-15(6-7-16(17)23)18(21-12-8-20-9-13-21)19(24)22-10-4-2-3-5-11-22/h6-7,14,18,20,23H,2-5,8-13H2,1H3. The number of hydrogen-bond acceptors (Lipinski definition) is 5. The molecule has 138 valence electrons. The summed E-state index contributed by atoms with van der Waals surface area (Å²) in [5, 5.41) is 13.3. The van der Waals surface area contributed by atoms with E-state index >= 15 is 0 Å². The Labute approximate surface area is 149 Å². The van der Waals surface area contributed by atoms with Crippen molar-refractivity contribution in [2.75, 3.05) is 46.4 Å². The second-order valence-electron chi connectivity index (χ2n) is 6.86. The molecule has 3 rings (SSSR count). The van der Waals surface area contributed by atoms with Crippen LogP contribution in [0.1, 0.15) is 37.3 Å². The Balaban J connectivity index is 1.89. The molecule has 0 aliphatic carbocycles. The zero-order valence-electron chi connectivity index (χ0n) is 15.0. The lowest BCUT2D eigenvalue weighted by molar-refractivity contribution is -0.137. The van der Waals surface area contributed by atoms with Gasteiger partial charge in [0.1, 0.15) is 6.04 Å². The van der Waals surface area contributed by atoms with Crippen molar-refractivity contribution in [1.29, 1.82) is 0 Å². The lowest BCUT2D eigenvalue weighted by Crippen LogP contribution is -2.50. The first-order valence-electron chi connectivity index (χ1n) is 9.31. The van der Waals surface area contributed by atoms with Crippen LogP contribution < -0.4 is 10.1 Å². The summed E-state index contributed by atoms with van der Waals surface area (Å²) in [7, 11) is 1.54. The predicted molar refractivity (Wildman–Crippen MR) is 96.9 cm³/mol. The number of methoxy groups -OCH3 is 1. The van der Waals surface area contributed by atoms with Gasteiger partial charge in [0, 0.05) is 39.3 Å². The number of carbonyl (C=O) groups excluding carboxylic acids is 1. The number of benzene rings is 1. The van der Waals surface area contributed by atoms with E-state index in [-0.39, 0.29) is 17.7 Å². The van der Waals surface area contributed by atoms with Crippen LogP contribution in [0.4, 0.5) is 0 Å². The van der Waals surface area contributed by atoms with Gasteiger partial charge in [-0.15, -0.1) is 0 Å². The third-order valence-corrected chi connectivity index (χ3v) is 5.19. The van der Waals surface area contributed by atoms with Crippen LogP contribution in [0.5, 0.6) is 11.5 Å². The van der Waals surface area contributed by atoms with Gasteiger partial charge in [-0.25, -0.2) is 0 Å². The monoisotopic (exact) mass is 347 g/mol. The zero-order chi connectivity index (χ0) is 17.6. The molecule has 1 aromatic rings. The molecule has 1 amide bonds. The SMILES string of the molecule is COc1cc(C(C(=O)N2CCCCCC2)N2CCNCC2)ccc1O. The van der Waals surface area contributed by atoms with Gasteiger partial charge in [-0.2, -0.15) is 0 Å². The minimum Gasteiger partial charge on any atom is -0.504 e. The number of nitrogens with zero attached hydrogens (tertiary/aromatic N) is 2. The first-order valence-corrected chi connectivity index (χ1v) is 9.31. The summed E-state index contributed by atoms with van der Waals surface area (Å²) in [5.74, 6) is 0.699. The molecule has 2 N–H and O–H groups in total. The van der Waals surface area contributed by atoms with Gasteiger partial charge in [0.15, 0.2) is 11.5 Å². The fraction of sp³-hybridized carbons (Fsp3) is 0.632. The molecule has 1 unspecified atom stereocenters. The molecular weight excluding hydrogens is 318 g/mol. The maximum Gasteiger partial charge on any atom is 0.244 e. The molecule has 1 atom stereocenters. The van der Waals surface area contributed by atoms with Crippen molar-refractivity contribution in [3.63, 3.8) is 0 Å². The highest BCUT2D eigenvalue weighted by Crippen LogP contribution is 2.32. The van der Waals surface area contributed by atoms with Gasteiger partial charge in [0.25, 0.3) is 0 Å². The minimum absolute atomic E-state index is 0.104. The third kappa shape index (κ3) is 4.25. The predicted octanol–water partition coefficient (Wildman–Crippen LogP) is 1.75. The van der Waals surface area contributed by atoms with E-state index in [1.54, 1.807) is 12.1 Å². The van der Waals surface area contributed by atoms with Crippen LogP contribution in [0, 0.1) is 0 Å². The first kappa shape index (κ1) is 18.0. The number of phenols is 1. The lowest BCUT2D eigenvalue weighted by Gasteiger charge is -2.37. The Bertz CT molecular complexity index is 579. The molecule has 1 aromatic carbocycles. The van der Waals surface area contributed by atoms with E-state index in [2.05, 4.69) is 10.2 Å². The Kier molecular flexibility index (Phi) is 6.15. The number of phenolic OH excluding ortho intramolecular Hbond substituents is 1. The summed E-state index contributed by atoms with van der Waals surface area (Å²) < 4.78 is 5.26. The average molecular weight is 347 g/mol. The molecule has 2 saturated heterocycles. The number of amides is 1. The Morgan fingerprint density at radius 2 is 1.80 bits per heavy atom. The highest BCUT2D eigenvalue weighted by atomic mass is 16.5. The molecule has 0 radical (unpaired) electrons. The topological polar surface area (TPSA) is 65.0 Å². The third-order valence-electron chi connectivity index (χ3n) is 5.19. The van der Waals surface area contributed by atoms with Gasteiger partial charge < -0.3 is 20.1 Å². The first-order chi connectivity index (χ1) is 12.2. The minimum atomic E-state index is -0.310. The van der Waals surface area contributed by atoms with Gasteiger partial charge in [0.2, 0.25) is 5.91 Å². The van der Waals surface area contributed by atoms with Crippen molar-refractivity contribution < 1.29 is 14.6 Å². The van der Waals surface area contributed by atoms with E-state index in [1.165, 1.54) is 20.0 Å². The summed E-state index contributed by atoms with van der Waals surface area (Å²) in [6.45, 7) is 5.14. The Hall–Kier alpha value is -1.79. The molecule has 6 nitrogen and oxygen atoms in total. The number of carbonyl (C=O) groups is 1. The second kappa shape index (κ2) is 8.54. The number of nitrogens with one attached hydrogen (secondary N) is 1. The second-order valence-corrected chi connectivity index (χ2v) is 6.86. The molecule has 2 aliphatic rings. The smallest absolute Gasteiger partial charge is 0.244 e. The van der Waals surface area contributed by atoms with Crippen LogP contribution in [0.15, 0.2) is 18.2 Å². The van der Waals surface area contributed by atoms with Crippen molar-refractivity contribution in [3.8, 4) is 11.5 Å². The number of piperazine rings is 1.